The van der Waals surface area contributed by atoms with E-state index in [2.05, 4.69) is 49.5 Å². The highest BCUT2D eigenvalue weighted by molar-refractivity contribution is 6.03. The number of nitrogens with zero attached hydrogens (tertiary/aromatic N) is 6. The molecule has 2 saturated heterocycles. The Labute approximate surface area is 243 Å². The van der Waals surface area contributed by atoms with Gasteiger partial charge in [-0.05, 0) is 70.0 Å². The average molecular weight is 571 g/mol. The van der Waals surface area contributed by atoms with Gasteiger partial charge in [0.15, 0.2) is 11.2 Å². The zero-order valence-corrected chi connectivity index (χ0v) is 23.9. The van der Waals surface area contributed by atoms with E-state index >= 15 is 0 Å². The summed E-state index contributed by atoms with van der Waals surface area (Å²) < 4.78 is 6.71. The standard InChI is InChI=1S/C30H34N8O4/c1-19-23(14-22(16-31-19)33-26(39)8-11-37-10-4-9-29(37,2)3)34-28(40)27-36-35-25-13-20(7-12-38(25)27)21-5-6-24(32-15-21)30(41)17-42-18-30/h5-7,12-16,41H,4,8-11,17-18H2,1-3H3,(H,33,39)(H,34,40). The van der Waals surface area contributed by atoms with E-state index in [0.29, 0.717) is 41.4 Å². The first-order chi connectivity index (χ1) is 20.1. The lowest BCUT2D eigenvalue weighted by atomic mass is 9.96. The van der Waals surface area contributed by atoms with Crippen LogP contribution in [0.25, 0.3) is 16.8 Å². The van der Waals surface area contributed by atoms with Crippen LogP contribution in [-0.2, 0) is 15.1 Å². The van der Waals surface area contributed by atoms with Gasteiger partial charge in [-0.15, -0.1) is 10.2 Å². The second-order valence-electron chi connectivity index (χ2n) is 11.6. The van der Waals surface area contributed by atoms with Crippen LogP contribution in [0.3, 0.4) is 0 Å². The molecular formula is C30H34N8O4. The van der Waals surface area contributed by atoms with Gasteiger partial charge in [0.25, 0.3) is 5.91 Å². The minimum absolute atomic E-state index is 0.0994. The van der Waals surface area contributed by atoms with Crippen molar-refractivity contribution in [2.24, 2.45) is 0 Å². The van der Waals surface area contributed by atoms with Crippen molar-refractivity contribution < 1.29 is 19.4 Å². The summed E-state index contributed by atoms with van der Waals surface area (Å²) in [5, 5.41) is 24.5. The summed E-state index contributed by atoms with van der Waals surface area (Å²) in [6.07, 6.45) is 7.66. The van der Waals surface area contributed by atoms with E-state index in [4.69, 9.17) is 4.74 Å². The van der Waals surface area contributed by atoms with E-state index < -0.39 is 11.5 Å². The van der Waals surface area contributed by atoms with Crippen LogP contribution in [0.5, 0.6) is 0 Å². The Morgan fingerprint density at radius 3 is 2.57 bits per heavy atom. The van der Waals surface area contributed by atoms with Crippen LogP contribution in [0.15, 0.2) is 48.9 Å². The fraction of sp³-hybridized carbons (Fsp3) is 0.400. The Bertz CT molecular complexity index is 1650. The highest BCUT2D eigenvalue weighted by Gasteiger charge is 2.39. The Hall–Kier alpha value is -4.26. The largest absolute Gasteiger partial charge is 0.379 e. The molecule has 42 heavy (non-hydrogen) atoms. The van der Waals surface area contributed by atoms with Gasteiger partial charge in [0, 0.05) is 36.5 Å². The Morgan fingerprint density at radius 2 is 1.88 bits per heavy atom. The molecule has 4 aromatic heterocycles. The molecule has 218 valence electrons. The second-order valence-corrected chi connectivity index (χ2v) is 11.6. The average Bonchev–Trinajstić information content (AvgIpc) is 3.54. The highest BCUT2D eigenvalue weighted by atomic mass is 16.5. The number of aliphatic hydroxyl groups is 1. The smallest absolute Gasteiger partial charge is 0.294 e. The predicted molar refractivity (Wildman–Crippen MR) is 156 cm³/mol. The number of amides is 2. The molecular weight excluding hydrogens is 536 g/mol. The van der Waals surface area contributed by atoms with Gasteiger partial charge >= 0.3 is 0 Å². The van der Waals surface area contributed by atoms with Gasteiger partial charge in [-0.3, -0.25) is 28.9 Å². The van der Waals surface area contributed by atoms with Gasteiger partial charge in [-0.1, -0.05) is 6.07 Å². The van der Waals surface area contributed by atoms with Gasteiger partial charge in [0.2, 0.25) is 11.7 Å². The lowest BCUT2D eigenvalue weighted by molar-refractivity contribution is -0.186. The third-order valence-electron chi connectivity index (χ3n) is 8.17. The number of ether oxygens (including phenoxy) is 1. The quantitative estimate of drug-likeness (QED) is 0.291. The molecule has 2 amide bonds. The molecule has 12 nitrogen and oxygen atoms in total. The van der Waals surface area contributed by atoms with Gasteiger partial charge in [-0.2, -0.15) is 0 Å². The minimum atomic E-state index is -1.03. The van der Waals surface area contributed by atoms with Gasteiger partial charge in [-0.25, -0.2) is 0 Å². The lowest BCUT2D eigenvalue weighted by Gasteiger charge is -2.35. The fourth-order valence-electron chi connectivity index (χ4n) is 5.45. The van der Waals surface area contributed by atoms with Gasteiger partial charge < -0.3 is 20.5 Å². The van der Waals surface area contributed by atoms with Crippen LogP contribution in [0.4, 0.5) is 11.4 Å². The van der Waals surface area contributed by atoms with Crippen molar-refractivity contribution in [2.75, 3.05) is 36.9 Å². The monoisotopic (exact) mass is 570 g/mol. The number of aryl methyl sites for hydroxylation is 1. The third kappa shape index (κ3) is 5.48. The number of pyridine rings is 3. The Morgan fingerprint density at radius 1 is 1.05 bits per heavy atom. The van der Waals surface area contributed by atoms with E-state index in [1.54, 1.807) is 42.0 Å². The molecule has 0 bridgehead atoms. The third-order valence-corrected chi connectivity index (χ3v) is 8.17. The lowest BCUT2D eigenvalue weighted by Crippen LogP contribution is -2.47. The summed E-state index contributed by atoms with van der Waals surface area (Å²) in [6.45, 7) is 8.38. The number of hydrogen-bond donors (Lipinski definition) is 3. The highest BCUT2D eigenvalue weighted by Crippen LogP contribution is 2.30. The molecule has 2 aliphatic heterocycles. The number of hydrogen-bond acceptors (Lipinski definition) is 9. The topological polar surface area (TPSA) is 147 Å². The van der Waals surface area contributed by atoms with E-state index in [0.717, 1.165) is 30.5 Å². The van der Waals surface area contributed by atoms with Crippen molar-refractivity contribution in [3.05, 3.63) is 66.1 Å². The maximum atomic E-state index is 13.2. The number of carbonyl (C=O) groups is 2. The van der Waals surface area contributed by atoms with Gasteiger partial charge in [0.1, 0.15) is 0 Å². The molecule has 0 atom stereocenters. The maximum absolute atomic E-state index is 13.2. The maximum Gasteiger partial charge on any atom is 0.294 e. The molecule has 4 aromatic rings. The van der Waals surface area contributed by atoms with E-state index in [9.17, 15) is 14.7 Å². The van der Waals surface area contributed by atoms with Crippen molar-refractivity contribution in [1.29, 1.82) is 0 Å². The molecule has 0 spiro atoms. The van der Waals surface area contributed by atoms with E-state index in [1.165, 1.54) is 0 Å². The summed E-state index contributed by atoms with van der Waals surface area (Å²) in [5.41, 5.74) is 3.41. The molecule has 6 rings (SSSR count). The zero-order chi connectivity index (χ0) is 29.5. The van der Waals surface area contributed by atoms with Crippen molar-refractivity contribution in [1.82, 2.24) is 29.5 Å². The minimum Gasteiger partial charge on any atom is -0.379 e. The molecule has 0 unspecified atom stereocenters. The second kappa shape index (κ2) is 10.9. The molecule has 2 fully saturated rings. The molecule has 6 heterocycles. The summed E-state index contributed by atoms with van der Waals surface area (Å²) in [4.78, 5) is 37.0. The number of nitrogens with one attached hydrogen (secondary N) is 2. The van der Waals surface area contributed by atoms with E-state index in [-0.39, 0.29) is 30.5 Å². The summed E-state index contributed by atoms with van der Waals surface area (Å²) in [7, 11) is 0. The van der Waals surface area contributed by atoms with Crippen molar-refractivity contribution in [2.45, 2.75) is 51.2 Å². The Balaban J connectivity index is 1.12. The van der Waals surface area contributed by atoms with Crippen molar-refractivity contribution >= 4 is 28.8 Å². The molecule has 0 radical (unpaired) electrons. The van der Waals surface area contributed by atoms with Crippen LogP contribution in [0, 0.1) is 6.92 Å². The number of aromatic nitrogens is 5. The van der Waals surface area contributed by atoms with Crippen molar-refractivity contribution in [3.8, 4) is 11.1 Å². The zero-order valence-electron chi connectivity index (χ0n) is 23.9. The van der Waals surface area contributed by atoms with Gasteiger partial charge in [0.05, 0.1) is 42.2 Å². The van der Waals surface area contributed by atoms with E-state index in [1.807, 2.05) is 18.2 Å². The molecule has 0 saturated carbocycles. The first-order valence-electron chi connectivity index (χ1n) is 14.1. The fourth-order valence-corrected chi connectivity index (χ4v) is 5.45. The van der Waals surface area contributed by atoms with Crippen LogP contribution < -0.4 is 10.6 Å². The molecule has 12 heteroatoms. The van der Waals surface area contributed by atoms with Crippen LogP contribution in [-0.4, -0.2) is 78.2 Å². The number of likely N-dealkylation sites (tertiary alicyclic amines) is 1. The first kappa shape index (κ1) is 27.9. The van der Waals surface area contributed by atoms with Crippen LogP contribution >= 0.6 is 0 Å². The molecule has 0 aromatic carbocycles. The molecule has 0 aliphatic carbocycles. The summed E-state index contributed by atoms with van der Waals surface area (Å²) in [5.74, 6) is -0.446. The first-order valence-corrected chi connectivity index (χ1v) is 14.1. The number of carbonyl (C=O) groups excluding carboxylic acids is 2. The summed E-state index contributed by atoms with van der Waals surface area (Å²) >= 11 is 0. The number of fused-ring (bicyclic) bond motifs is 1. The SMILES string of the molecule is Cc1ncc(NC(=O)CCN2CCCC2(C)C)cc1NC(=O)c1nnc2cc(-c3ccc(C4(O)COC4)nc3)ccn12. The number of rotatable bonds is 8. The van der Waals surface area contributed by atoms with Crippen LogP contribution in [0.1, 0.15) is 55.1 Å². The van der Waals surface area contributed by atoms with Crippen LogP contribution in [0.2, 0.25) is 0 Å². The number of anilines is 2. The van der Waals surface area contributed by atoms with Crippen molar-refractivity contribution in [3.63, 3.8) is 0 Å². The predicted octanol–water partition coefficient (Wildman–Crippen LogP) is 3.17. The molecule has 2 aliphatic rings. The summed E-state index contributed by atoms with van der Waals surface area (Å²) in [6, 6.07) is 9.02. The normalized spacial score (nSPS) is 17.6. The molecule has 3 N–H and O–H groups in total. The Kier molecular flexibility index (Phi) is 7.21.